The van der Waals surface area contributed by atoms with Crippen molar-refractivity contribution in [2.45, 2.75) is 64.6 Å². The Morgan fingerprint density at radius 1 is 1.22 bits per heavy atom. The van der Waals surface area contributed by atoms with E-state index in [-0.39, 0.29) is 35.8 Å². The SMILES string of the molecule is CO[C@H]1CN(C)C(=O)c2cc(NC(=O)C3CCCCC3)ccc2OC[C@H](C)N(Cc2nccs2)C[C@@H]1C. The van der Waals surface area contributed by atoms with Crippen LogP contribution in [0.3, 0.4) is 0 Å². The van der Waals surface area contributed by atoms with Gasteiger partial charge in [0.2, 0.25) is 5.91 Å². The molecule has 9 heteroatoms. The van der Waals surface area contributed by atoms with Crippen molar-refractivity contribution in [2.75, 3.05) is 39.2 Å². The predicted octanol–water partition coefficient (Wildman–Crippen LogP) is 4.67. The van der Waals surface area contributed by atoms with Gasteiger partial charge >= 0.3 is 0 Å². The monoisotopic (exact) mass is 528 g/mol. The number of methoxy groups -OCH3 is 1. The van der Waals surface area contributed by atoms with Gasteiger partial charge in [0.1, 0.15) is 17.4 Å². The molecule has 1 aromatic heterocycles. The third-order valence-corrected chi connectivity index (χ3v) is 8.40. The summed E-state index contributed by atoms with van der Waals surface area (Å²) in [7, 11) is 3.50. The van der Waals surface area contributed by atoms with Gasteiger partial charge in [0.25, 0.3) is 5.91 Å². The highest BCUT2D eigenvalue weighted by atomic mass is 32.1. The van der Waals surface area contributed by atoms with Crippen molar-refractivity contribution in [3.63, 3.8) is 0 Å². The molecule has 0 bridgehead atoms. The van der Waals surface area contributed by atoms with Crippen molar-refractivity contribution in [2.24, 2.45) is 11.8 Å². The zero-order chi connectivity index (χ0) is 26.4. The van der Waals surface area contributed by atoms with Gasteiger partial charge in [-0.3, -0.25) is 14.5 Å². The van der Waals surface area contributed by atoms with Crippen LogP contribution in [0.15, 0.2) is 29.8 Å². The van der Waals surface area contributed by atoms with Gasteiger partial charge in [-0.05, 0) is 43.9 Å². The minimum absolute atomic E-state index is 0.0363. The van der Waals surface area contributed by atoms with Crippen LogP contribution in [0.1, 0.15) is 61.3 Å². The molecule has 37 heavy (non-hydrogen) atoms. The number of nitrogens with one attached hydrogen (secondary N) is 1. The molecule has 202 valence electrons. The van der Waals surface area contributed by atoms with E-state index in [1.165, 1.54) is 6.42 Å². The molecule has 1 aliphatic carbocycles. The molecule has 2 aromatic rings. The Bertz CT molecular complexity index is 1040. The van der Waals surface area contributed by atoms with E-state index in [4.69, 9.17) is 9.47 Å². The Morgan fingerprint density at radius 2 is 2.00 bits per heavy atom. The molecule has 2 amide bonds. The molecule has 0 unspecified atom stereocenters. The van der Waals surface area contributed by atoms with Crippen molar-refractivity contribution in [1.29, 1.82) is 0 Å². The van der Waals surface area contributed by atoms with Crippen LogP contribution in [0.4, 0.5) is 5.69 Å². The first-order valence-electron chi connectivity index (χ1n) is 13.3. The second-order valence-corrected chi connectivity index (χ2v) is 11.5. The van der Waals surface area contributed by atoms with E-state index in [2.05, 4.69) is 29.0 Å². The Hall–Kier alpha value is -2.49. The van der Waals surface area contributed by atoms with Gasteiger partial charge in [-0.1, -0.05) is 26.2 Å². The van der Waals surface area contributed by atoms with E-state index in [0.717, 1.165) is 43.8 Å². The molecular weight excluding hydrogens is 488 g/mol. The van der Waals surface area contributed by atoms with Crippen molar-refractivity contribution in [3.8, 4) is 5.75 Å². The number of amides is 2. The predicted molar refractivity (Wildman–Crippen MR) is 146 cm³/mol. The van der Waals surface area contributed by atoms with Crippen molar-refractivity contribution in [3.05, 3.63) is 40.3 Å². The number of nitrogens with zero attached hydrogens (tertiary/aromatic N) is 3. The lowest BCUT2D eigenvalue weighted by atomic mass is 9.88. The highest BCUT2D eigenvalue weighted by Crippen LogP contribution is 2.29. The Labute approximate surface area is 224 Å². The molecule has 0 spiro atoms. The van der Waals surface area contributed by atoms with Crippen molar-refractivity contribution in [1.82, 2.24) is 14.8 Å². The van der Waals surface area contributed by atoms with Crippen LogP contribution >= 0.6 is 11.3 Å². The lowest BCUT2D eigenvalue weighted by molar-refractivity contribution is -0.120. The number of carbonyl (C=O) groups excluding carboxylic acids is 2. The highest BCUT2D eigenvalue weighted by Gasteiger charge is 2.29. The smallest absolute Gasteiger partial charge is 0.257 e. The molecule has 3 atom stereocenters. The van der Waals surface area contributed by atoms with Crippen LogP contribution in [0.2, 0.25) is 0 Å². The fraction of sp³-hybridized carbons (Fsp3) is 0.607. The third kappa shape index (κ3) is 7.09. The van der Waals surface area contributed by atoms with Gasteiger partial charge in [-0.2, -0.15) is 0 Å². The second kappa shape index (κ2) is 12.8. The topological polar surface area (TPSA) is 84.0 Å². The van der Waals surface area contributed by atoms with E-state index < -0.39 is 0 Å². The summed E-state index contributed by atoms with van der Waals surface area (Å²) in [4.78, 5) is 35.0. The maximum Gasteiger partial charge on any atom is 0.257 e. The summed E-state index contributed by atoms with van der Waals surface area (Å²) < 4.78 is 12.1. The van der Waals surface area contributed by atoms with E-state index >= 15 is 0 Å². The van der Waals surface area contributed by atoms with Crippen LogP contribution in [0.25, 0.3) is 0 Å². The number of fused-ring (bicyclic) bond motifs is 1. The normalized spacial score (nSPS) is 24.5. The van der Waals surface area contributed by atoms with Crippen LogP contribution < -0.4 is 10.1 Å². The number of carbonyl (C=O) groups is 2. The first-order chi connectivity index (χ1) is 17.9. The number of ether oxygens (including phenoxy) is 2. The maximum atomic E-state index is 13.6. The largest absolute Gasteiger partial charge is 0.491 e. The number of likely N-dealkylation sites (N-methyl/N-ethyl adjacent to an activating group) is 1. The summed E-state index contributed by atoms with van der Waals surface area (Å²) >= 11 is 1.65. The summed E-state index contributed by atoms with van der Waals surface area (Å²) in [6.45, 7) is 6.70. The number of anilines is 1. The molecule has 1 fully saturated rings. The summed E-state index contributed by atoms with van der Waals surface area (Å²) in [6.07, 6.45) is 6.94. The van der Waals surface area contributed by atoms with Gasteiger partial charge in [-0.15, -0.1) is 11.3 Å². The molecular formula is C28H40N4O4S. The van der Waals surface area contributed by atoms with Gasteiger partial charge < -0.3 is 19.7 Å². The zero-order valence-corrected chi connectivity index (χ0v) is 23.3. The van der Waals surface area contributed by atoms with Crippen molar-refractivity contribution >= 4 is 28.8 Å². The van der Waals surface area contributed by atoms with Gasteiger partial charge in [-0.25, -0.2) is 4.98 Å². The number of thiazole rings is 1. The molecule has 2 aliphatic rings. The number of rotatable bonds is 5. The molecule has 8 nitrogen and oxygen atoms in total. The summed E-state index contributed by atoms with van der Waals surface area (Å²) in [5.41, 5.74) is 1.08. The Kier molecular flexibility index (Phi) is 9.56. The van der Waals surface area contributed by atoms with Crippen LogP contribution in [-0.2, 0) is 16.1 Å². The average Bonchev–Trinajstić information content (AvgIpc) is 3.42. The second-order valence-electron chi connectivity index (χ2n) is 10.5. The fourth-order valence-electron chi connectivity index (χ4n) is 5.26. The van der Waals surface area contributed by atoms with E-state index in [9.17, 15) is 9.59 Å². The molecule has 0 radical (unpaired) electrons. The fourth-order valence-corrected chi connectivity index (χ4v) is 5.90. The number of hydrogen-bond acceptors (Lipinski definition) is 7. The lowest BCUT2D eigenvalue weighted by Gasteiger charge is -2.35. The molecule has 1 N–H and O–H groups in total. The Balaban J connectivity index is 1.59. The van der Waals surface area contributed by atoms with E-state index in [1.54, 1.807) is 42.5 Å². The summed E-state index contributed by atoms with van der Waals surface area (Å²) in [5.74, 6) is 0.636. The molecule has 4 rings (SSSR count). The molecule has 2 heterocycles. The van der Waals surface area contributed by atoms with Gasteiger partial charge in [0.05, 0.1) is 18.2 Å². The molecule has 0 saturated heterocycles. The molecule has 1 saturated carbocycles. The first-order valence-corrected chi connectivity index (χ1v) is 14.2. The third-order valence-electron chi connectivity index (χ3n) is 7.64. The first kappa shape index (κ1) is 27.5. The van der Waals surface area contributed by atoms with E-state index in [1.807, 2.05) is 17.6 Å². The van der Waals surface area contributed by atoms with Crippen molar-refractivity contribution < 1.29 is 19.1 Å². The minimum Gasteiger partial charge on any atom is -0.491 e. The number of aromatic nitrogens is 1. The van der Waals surface area contributed by atoms with E-state index in [0.29, 0.717) is 30.2 Å². The summed E-state index contributed by atoms with van der Waals surface area (Å²) in [6, 6.07) is 5.48. The van der Waals surface area contributed by atoms with Crippen LogP contribution in [0.5, 0.6) is 5.75 Å². The minimum atomic E-state index is -0.147. The standard InChI is InChI=1S/C28H40N4O4S/c1-19-15-32(17-26-29-12-13-37-26)20(2)18-36-24-11-10-22(30-27(33)21-8-6-5-7-9-21)14-23(24)28(34)31(3)16-25(19)35-4/h10-14,19-21,25H,5-9,15-18H2,1-4H3,(H,30,33)/t19-,20-,25-/m0/s1. The maximum absolute atomic E-state index is 13.6. The highest BCUT2D eigenvalue weighted by molar-refractivity contribution is 7.09. The zero-order valence-electron chi connectivity index (χ0n) is 22.4. The number of hydrogen-bond donors (Lipinski definition) is 1. The Morgan fingerprint density at radius 3 is 2.70 bits per heavy atom. The average molecular weight is 529 g/mol. The lowest BCUT2D eigenvalue weighted by Crippen LogP contribution is -2.46. The van der Waals surface area contributed by atoms with Crippen LogP contribution in [-0.4, -0.2) is 72.6 Å². The number of benzene rings is 1. The molecule has 1 aromatic carbocycles. The van der Waals surface area contributed by atoms with Gasteiger partial charge in [0, 0.05) is 56.5 Å². The van der Waals surface area contributed by atoms with Gasteiger partial charge in [0.15, 0.2) is 0 Å². The molecule has 1 aliphatic heterocycles. The summed E-state index contributed by atoms with van der Waals surface area (Å²) in [5, 5.41) is 6.10. The quantitative estimate of drug-likeness (QED) is 0.607. The van der Waals surface area contributed by atoms with Crippen LogP contribution in [0, 0.1) is 11.8 Å².